The Labute approximate surface area is 110 Å². The first-order valence-corrected chi connectivity index (χ1v) is 8.60. The Morgan fingerprint density at radius 2 is 2.06 bits per heavy atom. The third-order valence-corrected chi connectivity index (χ3v) is 5.11. The van der Waals surface area contributed by atoms with Crippen molar-refractivity contribution in [2.75, 3.05) is 39.0 Å². The van der Waals surface area contributed by atoms with E-state index in [9.17, 15) is 8.42 Å². The molecule has 106 valence electrons. The van der Waals surface area contributed by atoms with Crippen molar-refractivity contribution in [1.29, 1.82) is 0 Å². The summed E-state index contributed by atoms with van der Waals surface area (Å²) >= 11 is 0. The number of nitrogens with zero attached hydrogens (tertiary/aromatic N) is 1. The van der Waals surface area contributed by atoms with Crippen molar-refractivity contribution >= 4 is 10.0 Å². The lowest BCUT2D eigenvalue weighted by atomic mass is 10.1. The second-order valence-electron chi connectivity index (χ2n) is 5.67. The molecule has 1 aliphatic heterocycles. The second-order valence-corrected chi connectivity index (χ2v) is 7.59. The fourth-order valence-electron chi connectivity index (χ4n) is 2.37. The molecule has 0 spiro atoms. The molecule has 5 nitrogen and oxygen atoms in total. The van der Waals surface area contributed by atoms with Gasteiger partial charge in [0, 0.05) is 19.1 Å². The van der Waals surface area contributed by atoms with Crippen molar-refractivity contribution in [3.63, 3.8) is 0 Å². The number of rotatable bonds is 8. The Hall–Kier alpha value is -0.170. The Kier molecular flexibility index (Phi) is 5.00. The smallest absolute Gasteiger partial charge is 0.211 e. The van der Waals surface area contributed by atoms with Crippen LogP contribution < -0.4 is 10.0 Å². The van der Waals surface area contributed by atoms with Gasteiger partial charge >= 0.3 is 0 Å². The quantitative estimate of drug-likeness (QED) is 0.612. The lowest BCUT2D eigenvalue weighted by molar-refractivity contribution is 0.394. The molecule has 0 aromatic carbocycles. The highest BCUT2D eigenvalue weighted by atomic mass is 32.2. The molecule has 1 aliphatic carbocycles. The number of nitrogens with one attached hydrogen (secondary N) is 2. The summed E-state index contributed by atoms with van der Waals surface area (Å²) in [5.74, 6) is 0.726. The molecule has 1 unspecified atom stereocenters. The van der Waals surface area contributed by atoms with E-state index in [0.29, 0.717) is 24.9 Å². The van der Waals surface area contributed by atoms with E-state index in [4.69, 9.17) is 0 Å². The normalized spacial score (nSPS) is 25.7. The van der Waals surface area contributed by atoms with E-state index in [-0.39, 0.29) is 5.75 Å². The zero-order valence-corrected chi connectivity index (χ0v) is 12.0. The van der Waals surface area contributed by atoms with Gasteiger partial charge in [-0.25, -0.2) is 13.1 Å². The number of hydrogen-bond acceptors (Lipinski definition) is 4. The summed E-state index contributed by atoms with van der Waals surface area (Å²) in [6.07, 6.45) is 4.30. The molecule has 1 saturated heterocycles. The van der Waals surface area contributed by atoms with Crippen molar-refractivity contribution < 1.29 is 8.42 Å². The molecule has 2 N–H and O–H groups in total. The van der Waals surface area contributed by atoms with E-state index in [2.05, 4.69) is 22.0 Å². The summed E-state index contributed by atoms with van der Waals surface area (Å²) < 4.78 is 26.3. The van der Waals surface area contributed by atoms with Gasteiger partial charge in [0.15, 0.2) is 0 Å². The Bertz CT molecular complexity index is 354. The first-order chi connectivity index (χ1) is 8.55. The largest absolute Gasteiger partial charge is 0.314 e. The molecule has 0 bridgehead atoms. The van der Waals surface area contributed by atoms with Crippen LogP contribution in [-0.2, 0) is 10.0 Å². The number of likely N-dealkylation sites (tertiary alicyclic amines) is 1. The first-order valence-electron chi connectivity index (χ1n) is 6.94. The number of hydrogen-bond donors (Lipinski definition) is 2. The van der Waals surface area contributed by atoms with E-state index in [0.717, 1.165) is 26.1 Å². The molecule has 0 amide bonds. The highest BCUT2D eigenvalue weighted by Crippen LogP contribution is 2.18. The predicted molar refractivity (Wildman–Crippen MR) is 73.0 cm³/mol. The average Bonchev–Trinajstić information content (AvgIpc) is 3.04. The van der Waals surface area contributed by atoms with E-state index in [1.54, 1.807) is 0 Å². The fraction of sp³-hybridized carbons (Fsp3) is 1.00. The van der Waals surface area contributed by atoms with E-state index in [1.165, 1.54) is 12.8 Å². The summed E-state index contributed by atoms with van der Waals surface area (Å²) in [6, 6.07) is 0.662. The topological polar surface area (TPSA) is 61.4 Å². The molecule has 1 saturated carbocycles. The van der Waals surface area contributed by atoms with Crippen molar-refractivity contribution in [3.05, 3.63) is 0 Å². The second kappa shape index (κ2) is 6.32. The maximum absolute atomic E-state index is 11.8. The maximum Gasteiger partial charge on any atom is 0.211 e. The summed E-state index contributed by atoms with van der Waals surface area (Å²) in [5, 5.41) is 3.33. The third kappa shape index (κ3) is 5.22. The molecule has 0 radical (unpaired) electrons. The minimum absolute atomic E-state index is 0.245. The summed E-state index contributed by atoms with van der Waals surface area (Å²) in [6.45, 7) is 3.50. The van der Waals surface area contributed by atoms with Crippen LogP contribution in [0.25, 0.3) is 0 Å². The summed E-state index contributed by atoms with van der Waals surface area (Å²) in [4.78, 5) is 2.25. The fourth-order valence-corrected chi connectivity index (χ4v) is 3.52. The Morgan fingerprint density at radius 1 is 1.28 bits per heavy atom. The van der Waals surface area contributed by atoms with Crippen LogP contribution in [-0.4, -0.2) is 58.3 Å². The standard InChI is InChI=1S/C12H25N3O2S/c1-15-7-5-11(10-15)9-14-18(16,17)8-2-6-13-12-3-4-12/h11-14H,2-10H2,1H3. The van der Waals surface area contributed by atoms with Gasteiger partial charge in [0.25, 0.3) is 0 Å². The molecule has 0 aromatic heterocycles. The lowest BCUT2D eigenvalue weighted by Gasteiger charge is -2.12. The van der Waals surface area contributed by atoms with Crippen LogP contribution >= 0.6 is 0 Å². The molecule has 2 aliphatic rings. The van der Waals surface area contributed by atoms with Crippen LogP contribution in [0.5, 0.6) is 0 Å². The van der Waals surface area contributed by atoms with Gasteiger partial charge in [0.2, 0.25) is 10.0 Å². The van der Waals surface area contributed by atoms with Gasteiger partial charge in [-0.2, -0.15) is 0 Å². The van der Waals surface area contributed by atoms with Gasteiger partial charge in [-0.1, -0.05) is 0 Å². The highest BCUT2D eigenvalue weighted by molar-refractivity contribution is 7.89. The Morgan fingerprint density at radius 3 is 2.67 bits per heavy atom. The predicted octanol–water partition coefficient (Wildman–Crippen LogP) is -0.000400. The molecule has 18 heavy (non-hydrogen) atoms. The van der Waals surface area contributed by atoms with Crippen LogP contribution in [0.2, 0.25) is 0 Å². The monoisotopic (exact) mass is 275 g/mol. The minimum atomic E-state index is -3.07. The van der Waals surface area contributed by atoms with Gasteiger partial charge in [-0.05, 0) is 51.7 Å². The van der Waals surface area contributed by atoms with Crippen molar-refractivity contribution in [2.24, 2.45) is 5.92 Å². The van der Waals surface area contributed by atoms with E-state index >= 15 is 0 Å². The van der Waals surface area contributed by atoms with Crippen molar-refractivity contribution in [3.8, 4) is 0 Å². The van der Waals surface area contributed by atoms with E-state index < -0.39 is 10.0 Å². The van der Waals surface area contributed by atoms with Crippen LogP contribution in [0, 0.1) is 5.92 Å². The highest BCUT2D eigenvalue weighted by Gasteiger charge is 2.22. The van der Waals surface area contributed by atoms with Gasteiger partial charge < -0.3 is 10.2 Å². The van der Waals surface area contributed by atoms with Crippen LogP contribution in [0.15, 0.2) is 0 Å². The molecular weight excluding hydrogens is 250 g/mol. The average molecular weight is 275 g/mol. The third-order valence-electron chi connectivity index (χ3n) is 3.68. The molecule has 2 fully saturated rings. The van der Waals surface area contributed by atoms with Crippen molar-refractivity contribution in [1.82, 2.24) is 14.9 Å². The van der Waals surface area contributed by atoms with Gasteiger partial charge in [0.05, 0.1) is 5.75 Å². The molecule has 1 atom stereocenters. The van der Waals surface area contributed by atoms with Crippen LogP contribution in [0.3, 0.4) is 0 Å². The van der Waals surface area contributed by atoms with Crippen molar-refractivity contribution in [2.45, 2.75) is 31.7 Å². The van der Waals surface area contributed by atoms with Gasteiger partial charge in [-0.15, -0.1) is 0 Å². The molecule has 6 heteroatoms. The Balaban J connectivity index is 1.57. The summed E-state index contributed by atoms with van der Waals surface area (Å²) in [7, 11) is -0.991. The lowest BCUT2D eigenvalue weighted by Crippen LogP contribution is -2.33. The SMILES string of the molecule is CN1CCC(CNS(=O)(=O)CCCNC2CC2)C1. The van der Waals surface area contributed by atoms with E-state index in [1.807, 2.05) is 0 Å². The zero-order chi connectivity index (χ0) is 13.0. The summed E-state index contributed by atoms with van der Waals surface area (Å²) in [5.41, 5.74) is 0. The maximum atomic E-state index is 11.8. The minimum Gasteiger partial charge on any atom is -0.314 e. The molecule has 2 rings (SSSR count). The van der Waals surface area contributed by atoms with Gasteiger partial charge in [0.1, 0.15) is 0 Å². The number of sulfonamides is 1. The molecule has 1 heterocycles. The first kappa shape index (κ1) is 14.2. The molecular formula is C12H25N3O2S. The zero-order valence-electron chi connectivity index (χ0n) is 11.2. The van der Waals surface area contributed by atoms with Gasteiger partial charge in [-0.3, -0.25) is 0 Å². The van der Waals surface area contributed by atoms with Crippen LogP contribution in [0.4, 0.5) is 0 Å². The molecule has 0 aromatic rings. The van der Waals surface area contributed by atoms with Crippen LogP contribution in [0.1, 0.15) is 25.7 Å².